The van der Waals surface area contributed by atoms with Gasteiger partial charge in [-0.15, -0.1) is 0 Å². The van der Waals surface area contributed by atoms with Gasteiger partial charge in [-0.2, -0.15) is 0 Å². The van der Waals surface area contributed by atoms with E-state index < -0.39 is 11.8 Å². The zero-order valence-corrected chi connectivity index (χ0v) is 13.4. The number of nitrogens with zero attached hydrogens (tertiary/aromatic N) is 2. The maximum Gasteiger partial charge on any atom is 0.337 e. The minimum Gasteiger partial charge on any atom is -0.465 e. The van der Waals surface area contributed by atoms with Crippen LogP contribution in [0.2, 0.25) is 0 Å². The van der Waals surface area contributed by atoms with Crippen molar-refractivity contribution in [1.82, 2.24) is 9.97 Å². The predicted molar refractivity (Wildman–Crippen MR) is 88.3 cm³/mol. The highest BCUT2D eigenvalue weighted by Crippen LogP contribution is 2.28. The SMILES string of the molecule is COC(=O)c1ccc(F)c(CNc2cc(NCC3CC3)ncn2)c1. The fourth-order valence-electron chi connectivity index (χ4n) is 2.26. The standard InChI is InChI=1S/C17H19FN4O2/c1-24-17(23)12-4-5-14(18)13(6-12)9-20-16-7-15(21-10-22-16)19-8-11-2-3-11/h4-7,10-11H,2-3,8-9H2,1H3,(H2,19,20,21,22). The van der Waals surface area contributed by atoms with Crippen molar-refractivity contribution in [2.24, 2.45) is 5.92 Å². The van der Waals surface area contributed by atoms with Gasteiger partial charge in [-0.05, 0) is 37.0 Å². The van der Waals surface area contributed by atoms with Crippen LogP contribution in [0.3, 0.4) is 0 Å². The number of carbonyl (C=O) groups is 1. The predicted octanol–water partition coefficient (Wildman–Crippen LogP) is 2.84. The molecule has 0 aliphatic heterocycles. The van der Waals surface area contributed by atoms with Crippen LogP contribution in [0, 0.1) is 11.7 Å². The molecule has 1 aliphatic rings. The van der Waals surface area contributed by atoms with E-state index in [1.165, 1.54) is 44.5 Å². The van der Waals surface area contributed by atoms with Gasteiger partial charge in [-0.1, -0.05) is 0 Å². The third-order valence-corrected chi connectivity index (χ3v) is 3.86. The lowest BCUT2D eigenvalue weighted by atomic mass is 10.1. The Kier molecular flexibility index (Phi) is 4.88. The number of halogens is 1. The highest BCUT2D eigenvalue weighted by molar-refractivity contribution is 5.89. The molecule has 1 heterocycles. The molecule has 1 saturated carbocycles. The van der Waals surface area contributed by atoms with Crippen molar-refractivity contribution in [2.75, 3.05) is 24.3 Å². The van der Waals surface area contributed by atoms with Crippen LogP contribution >= 0.6 is 0 Å². The molecule has 1 aromatic heterocycles. The van der Waals surface area contributed by atoms with E-state index in [0.29, 0.717) is 16.9 Å². The summed E-state index contributed by atoms with van der Waals surface area (Å²) in [5.74, 6) is 1.18. The second kappa shape index (κ2) is 7.25. The molecule has 24 heavy (non-hydrogen) atoms. The second-order valence-corrected chi connectivity index (χ2v) is 5.76. The number of aromatic nitrogens is 2. The van der Waals surface area contributed by atoms with E-state index in [1.54, 1.807) is 6.07 Å². The Labute approximate surface area is 139 Å². The average Bonchev–Trinajstić information content (AvgIpc) is 3.43. The van der Waals surface area contributed by atoms with Crippen molar-refractivity contribution >= 4 is 17.6 Å². The van der Waals surface area contributed by atoms with Gasteiger partial charge in [0.1, 0.15) is 23.8 Å². The maximum absolute atomic E-state index is 13.9. The summed E-state index contributed by atoms with van der Waals surface area (Å²) in [7, 11) is 1.29. The van der Waals surface area contributed by atoms with Gasteiger partial charge in [0, 0.05) is 24.7 Å². The zero-order chi connectivity index (χ0) is 16.9. The second-order valence-electron chi connectivity index (χ2n) is 5.76. The van der Waals surface area contributed by atoms with Gasteiger partial charge in [0.15, 0.2) is 0 Å². The zero-order valence-electron chi connectivity index (χ0n) is 13.4. The van der Waals surface area contributed by atoms with Crippen LogP contribution in [0.4, 0.5) is 16.0 Å². The monoisotopic (exact) mass is 330 g/mol. The third kappa shape index (κ3) is 4.18. The van der Waals surface area contributed by atoms with Crippen molar-refractivity contribution in [1.29, 1.82) is 0 Å². The van der Waals surface area contributed by atoms with Crippen molar-refractivity contribution in [3.63, 3.8) is 0 Å². The Morgan fingerprint density at radius 3 is 2.71 bits per heavy atom. The molecule has 0 bridgehead atoms. The van der Waals surface area contributed by atoms with Crippen LogP contribution in [0.1, 0.15) is 28.8 Å². The van der Waals surface area contributed by atoms with Gasteiger partial charge in [0.2, 0.25) is 0 Å². The number of methoxy groups -OCH3 is 1. The molecular formula is C17H19FN4O2. The Balaban J connectivity index is 1.64. The molecule has 6 nitrogen and oxygen atoms in total. The van der Waals surface area contributed by atoms with Crippen molar-refractivity contribution < 1.29 is 13.9 Å². The van der Waals surface area contributed by atoms with Crippen LogP contribution in [0.25, 0.3) is 0 Å². The van der Waals surface area contributed by atoms with Crippen LogP contribution in [-0.2, 0) is 11.3 Å². The first kappa shape index (κ1) is 16.2. The molecule has 2 N–H and O–H groups in total. The third-order valence-electron chi connectivity index (χ3n) is 3.86. The Hall–Kier alpha value is -2.70. The molecule has 126 valence electrons. The molecule has 0 radical (unpaired) electrons. The Bertz CT molecular complexity index is 734. The van der Waals surface area contributed by atoms with Crippen LogP contribution < -0.4 is 10.6 Å². The fourth-order valence-corrected chi connectivity index (χ4v) is 2.26. The number of ether oxygens (including phenoxy) is 1. The summed E-state index contributed by atoms with van der Waals surface area (Å²) in [6, 6.07) is 5.91. The molecule has 0 unspecified atom stereocenters. The van der Waals surface area contributed by atoms with E-state index in [-0.39, 0.29) is 6.54 Å². The molecule has 0 spiro atoms. The lowest BCUT2D eigenvalue weighted by molar-refractivity contribution is 0.0600. The van der Waals surface area contributed by atoms with Gasteiger partial charge in [-0.3, -0.25) is 0 Å². The van der Waals surface area contributed by atoms with Crippen LogP contribution in [-0.4, -0.2) is 29.6 Å². The number of esters is 1. The van der Waals surface area contributed by atoms with E-state index in [2.05, 4.69) is 25.3 Å². The molecule has 3 rings (SSSR count). The van der Waals surface area contributed by atoms with Crippen molar-refractivity contribution in [2.45, 2.75) is 19.4 Å². The van der Waals surface area contributed by atoms with E-state index in [9.17, 15) is 9.18 Å². The lowest BCUT2D eigenvalue weighted by Crippen LogP contribution is -2.09. The van der Waals surface area contributed by atoms with Gasteiger partial charge in [-0.25, -0.2) is 19.2 Å². The number of rotatable bonds is 7. The summed E-state index contributed by atoms with van der Waals surface area (Å²) in [6.07, 6.45) is 3.98. The largest absolute Gasteiger partial charge is 0.465 e. The van der Waals surface area contributed by atoms with Gasteiger partial charge >= 0.3 is 5.97 Å². The summed E-state index contributed by atoms with van der Waals surface area (Å²) < 4.78 is 18.5. The Morgan fingerprint density at radius 1 is 1.25 bits per heavy atom. The summed E-state index contributed by atoms with van der Waals surface area (Å²) in [6.45, 7) is 1.11. The molecule has 1 aromatic carbocycles. The first-order valence-corrected chi connectivity index (χ1v) is 7.82. The summed E-state index contributed by atoms with van der Waals surface area (Å²) in [5.41, 5.74) is 0.675. The van der Waals surface area contributed by atoms with E-state index in [0.717, 1.165) is 18.3 Å². The van der Waals surface area contributed by atoms with Gasteiger partial charge in [0.25, 0.3) is 0 Å². The molecule has 2 aromatic rings. The van der Waals surface area contributed by atoms with Crippen molar-refractivity contribution in [3.05, 3.63) is 47.5 Å². The highest BCUT2D eigenvalue weighted by atomic mass is 19.1. The minimum absolute atomic E-state index is 0.204. The van der Waals surface area contributed by atoms with E-state index in [1.807, 2.05) is 0 Å². The number of hydrogen-bond acceptors (Lipinski definition) is 6. The number of hydrogen-bond donors (Lipinski definition) is 2. The summed E-state index contributed by atoms with van der Waals surface area (Å²) >= 11 is 0. The van der Waals surface area contributed by atoms with Crippen molar-refractivity contribution in [3.8, 4) is 0 Å². The molecule has 1 fully saturated rings. The Morgan fingerprint density at radius 2 is 2.00 bits per heavy atom. The molecule has 7 heteroatoms. The highest BCUT2D eigenvalue weighted by Gasteiger charge is 2.20. The fraction of sp³-hybridized carbons (Fsp3) is 0.353. The average molecular weight is 330 g/mol. The number of carbonyl (C=O) groups excluding carboxylic acids is 1. The smallest absolute Gasteiger partial charge is 0.337 e. The molecule has 0 saturated heterocycles. The first-order chi connectivity index (χ1) is 11.7. The minimum atomic E-state index is -0.496. The van der Waals surface area contributed by atoms with Gasteiger partial charge in [0.05, 0.1) is 12.7 Å². The molecule has 0 amide bonds. The topological polar surface area (TPSA) is 76.1 Å². The normalized spacial score (nSPS) is 13.4. The van der Waals surface area contributed by atoms with E-state index >= 15 is 0 Å². The summed E-state index contributed by atoms with van der Waals surface area (Å²) in [5, 5.41) is 6.31. The van der Waals surface area contributed by atoms with Gasteiger partial charge < -0.3 is 15.4 Å². The summed E-state index contributed by atoms with van der Waals surface area (Å²) in [4.78, 5) is 19.8. The lowest BCUT2D eigenvalue weighted by Gasteiger charge is -2.10. The molecule has 0 atom stereocenters. The number of nitrogens with one attached hydrogen (secondary N) is 2. The quantitative estimate of drug-likeness (QED) is 0.760. The van der Waals surface area contributed by atoms with Crippen LogP contribution in [0.15, 0.2) is 30.6 Å². The maximum atomic E-state index is 13.9. The molecule has 1 aliphatic carbocycles. The number of anilines is 2. The molecular weight excluding hydrogens is 311 g/mol. The first-order valence-electron chi connectivity index (χ1n) is 7.82. The number of benzene rings is 1. The van der Waals surface area contributed by atoms with Crippen LogP contribution in [0.5, 0.6) is 0 Å². The van der Waals surface area contributed by atoms with E-state index in [4.69, 9.17) is 0 Å².